The average molecular weight is 271 g/mol. The van der Waals surface area contributed by atoms with Gasteiger partial charge in [-0.3, -0.25) is 9.79 Å². The van der Waals surface area contributed by atoms with Crippen LogP contribution in [-0.4, -0.2) is 36.0 Å². The molecule has 5 heteroatoms. The molecule has 18 heavy (non-hydrogen) atoms. The Morgan fingerprint density at radius 1 is 1.39 bits per heavy atom. The quantitative estimate of drug-likeness (QED) is 0.775. The molecular weight excluding hydrogens is 246 g/mol. The maximum absolute atomic E-state index is 11.5. The first-order valence-corrected chi connectivity index (χ1v) is 7.57. The fourth-order valence-corrected chi connectivity index (χ4v) is 2.95. The molecule has 1 rings (SSSR count). The zero-order valence-electron chi connectivity index (χ0n) is 11.8. The number of nitrogens with one attached hydrogen (secondary N) is 2. The van der Waals surface area contributed by atoms with Crippen LogP contribution in [-0.2, 0) is 4.79 Å². The van der Waals surface area contributed by atoms with Crippen molar-refractivity contribution in [3.63, 3.8) is 0 Å². The third-order valence-electron chi connectivity index (χ3n) is 2.56. The Kier molecular flexibility index (Phi) is 6.54. The number of amidine groups is 1. The lowest BCUT2D eigenvalue weighted by atomic mass is 10.1. The predicted octanol–water partition coefficient (Wildman–Crippen LogP) is 1.87. The van der Waals surface area contributed by atoms with Gasteiger partial charge in [-0.25, -0.2) is 0 Å². The number of carbonyl (C=O) groups is 1. The molecule has 0 radical (unpaired) electrons. The molecule has 1 amide bonds. The van der Waals surface area contributed by atoms with Crippen molar-refractivity contribution in [3.8, 4) is 0 Å². The van der Waals surface area contributed by atoms with E-state index in [0.717, 1.165) is 18.3 Å². The monoisotopic (exact) mass is 271 g/mol. The van der Waals surface area contributed by atoms with E-state index in [1.807, 2.05) is 0 Å². The second-order valence-electron chi connectivity index (χ2n) is 5.57. The van der Waals surface area contributed by atoms with Crippen LogP contribution >= 0.6 is 11.8 Å². The van der Waals surface area contributed by atoms with Gasteiger partial charge in [0.2, 0.25) is 5.91 Å². The highest BCUT2D eigenvalue weighted by atomic mass is 32.2. The fourth-order valence-electron chi connectivity index (χ4n) is 1.70. The summed E-state index contributed by atoms with van der Waals surface area (Å²) in [6.45, 7) is 10.6. The molecule has 1 unspecified atom stereocenters. The van der Waals surface area contributed by atoms with E-state index in [1.54, 1.807) is 11.8 Å². The zero-order chi connectivity index (χ0) is 13.5. The molecule has 1 atom stereocenters. The molecule has 0 bridgehead atoms. The van der Waals surface area contributed by atoms with E-state index in [0.29, 0.717) is 23.6 Å². The van der Waals surface area contributed by atoms with Gasteiger partial charge >= 0.3 is 0 Å². The standard InChI is InChI=1S/C13H25N3OS/c1-9(2)5-11-7-15-13(18-11)16-8-12(17)14-6-10(3)4/h9-11H,5-8H2,1-4H3,(H,14,17)(H,15,16). The van der Waals surface area contributed by atoms with Gasteiger partial charge < -0.3 is 10.6 Å². The predicted molar refractivity (Wildman–Crippen MR) is 79.0 cm³/mol. The van der Waals surface area contributed by atoms with Gasteiger partial charge in [0.05, 0.1) is 13.1 Å². The molecule has 1 aliphatic heterocycles. The molecule has 2 N–H and O–H groups in total. The van der Waals surface area contributed by atoms with E-state index >= 15 is 0 Å². The first-order chi connectivity index (χ1) is 8.47. The Labute approximate surface area is 114 Å². The maximum atomic E-state index is 11.5. The van der Waals surface area contributed by atoms with Crippen LogP contribution in [0.25, 0.3) is 0 Å². The van der Waals surface area contributed by atoms with Crippen LogP contribution in [0, 0.1) is 11.8 Å². The third-order valence-corrected chi connectivity index (χ3v) is 3.73. The van der Waals surface area contributed by atoms with E-state index in [2.05, 4.69) is 43.3 Å². The number of rotatable bonds is 6. The molecule has 0 spiro atoms. The Bertz CT molecular complexity index is 303. The summed E-state index contributed by atoms with van der Waals surface area (Å²) in [7, 11) is 0. The van der Waals surface area contributed by atoms with Gasteiger partial charge in [-0.15, -0.1) is 0 Å². The van der Waals surface area contributed by atoms with Crippen LogP contribution in [0.2, 0.25) is 0 Å². The van der Waals surface area contributed by atoms with Crippen LogP contribution in [0.15, 0.2) is 4.99 Å². The topological polar surface area (TPSA) is 53.5 Å². The summed E-state index contributed by atoms with van der Waals surface area (Å²) in [5.74, 6) is 1.23. The summed E-state index contributed by atoms with van der Waals surface area (Å²) in [5, 5.41) is 7.49. The van der Waals surface area contributed by atoms with Gasteiger partial charge in [0.25, 0.3) is 0 Å². The summed E-state index contributed by atoms with van der Waals surface area (Å²) in [6.07, 6.45) is 1.18. The van der Waals surface area contributed by atoms with Crippen LogP contribution in [0.3, 0.4) is 0 Å². The lowest BCUT2D eigenvalue weighted by Crippen LogP contribution is -2.37. The highest BCUT2D eigenvalue weighted by molar-refractivity contribution is 8.14. The highest BCUT2D eigenvalue weighted by Crippen LogP contribution is 2.25. The molecule has 0 aromatic carbocycles. The van der Waals surface area contributed by atoms with Crippen LogP contribution < -0.4 is 10.6 Å². The smallest absolute Gasteiger partial charge is 0.239 e. The molecule has 0 aromatic heterocycles. The Morgan fingerprint density at radius 3 is 2.72 bits per heavy atom. The normalized spacial score (nSPS) is 19.2. The summed E-state index contributed by atoms with van der Waals surface area (Å²) >= 11 is 1.76. The molecular formula is C13H25N3OS. The molecule has 4 nitrogen and oxygen atoms in total. The zero-order valence-corrected chi connectivity index (χ0v) is 12.6. The number of hydrogen-bond acceptors (Lipinski definition) is 4. The van der Waals surface area contributed by atoms with Crippen LogP contribution in [0.1, 0.15) is 34.1 Å². The van der Waals surface area contributed by atoms with Crippen molar-refractivity contribution in [2.45, 2.75) is 39.4 Å². The van der Waals surface area contributed by atoms with Crippen molar-refractivity contribution in [2.24, 2.45) is 16.8 Å². The number of thioether (sulfide) groups is 1. The van der Waals surface area contributed by atoms with E-state index in [-0.39, 0.29) is 5.91 Å². The number of carbonyl (C=O) groups excluding carboxylic acids is 1. The first-order valence-electron chi connectivity index (χ1n) is 6.69. The molecule has 0 saturated carbocycles. The van der Waals surface area contributed by atoms with E-state index in [1.165, 1.54) is 6.42 Å². The minimum atomic E-state index is 0.0410. The molecule has 0 aliphatic carbocycles. The Hall–Kier alpha value is -0.710. The summed E-state index contributed by atoms with van der Waals surface area (Å²) < 4.78 is 0. The second kappa shape index (κ2) is 7.67. The number of aliphatic imine (C=N–C) groups is 1. The number of nitrogens with zero attached hydrogens (tertiary/aromatic N) is 1. The Morgan fingerprint density at radius 2 is 2.11 bits per heavy atom. The van der Waals surface area contributed by atoms with Gasteiger partial charge in [0, 0.05) is 11.8 Å². The van der Waals surface area contributed by atoms with Crippen molar-refractivity contribution in [2.75, 3.05) is 19.6 Å². The maximum Gasteiger partial charge on any atom is 0.239 e. The van der Waals surface area contributed by atoms with E-state index < -0.39 is 0 Å². The third kappa shape index (κ3) is 6.28. The molecule has 104 valence electrons. The summed E-state index contributed by atoms with van der Waals surface area (Å²) in [5.41, 5.74) is 0. The van der Waals surface area contributed by atoms with E-state index in [4.69, 9.17) is 0 Å². The lowest BCUT2D eigenvalue weighted by molar-refractivity contribution is -0.120. The van der Waals surface area contributed by atoms with Gasteiger partial charge in [-0.1, -0.05) is 39.5 Å². The van der Waals surface area contributed by atoms with Crippen LogP contribution in [0.4, 0.5) is 0 Å². The molecule has 0 fully saturated rings. The van der Waals surface area contributed by atoms with Crippen LogP contribution in [0.5, 0.6) is 0 Å². The van der Waals surface area contributed by atoms with Crippen molar-refractivity contribution >= 4 is 22.8 Å². The lowest BCUT2D eigenvalue weighted by Gasteiger charge is -2.11. The van der Waals surface area contributed by atoms with Crippen molar-refractivity contribution in [1.29, 1.82) is 0 Å². The van der Waals surface area contributed by atoms with Gasteiger partial charge in [-0.2, -0.15) is 0 Å². The second-order valence-corrected chi connectivity index (χ2v) is 6.86. The SMILES string of the molecule is CC(C)CNC(=O)CNC1=NCC(CC(C)C)S1. The van der Waals surface area contributed by atoms with Gasteiger partial charge in [0.15, 0.2) is 5.17 Å². The first kappa shape index (κ1) is 15.3. The van der Waals surface area contributed by atoms with Crippen molar-refractivity contribution < 1.29 is 4.79 Å². The molecule has 1 aliphatic rings. The summed E-state index contributed by atoms with van der Waals surface area (Å²) in [6, 6.07) is 0. The number of hydrogen-bond donors (Lipinski definition) is 2. The van der Waals surface area contributed by atoms with Crippen molar-refractivity contribution in [1.82, 2.24) is 10.6 Å². The van der Waals surface area contributed by atoms with Gasteiger partial charge in [-0.05, 0) is 18.3 Å². The average Bonchev–Trinajstić information content (AvgIpc) is 2.70. The minimum Gasteiger partial charge on any atom is -0.356 e. The highest BCUT2D eigenvalue weighted by Gasteiger charge is 2.20. The largest absolute Gasteiger partial charge is 0.356 e. The fraction of sp³-hybridized carbons (Fsp3) is 0.846. The van der Waals surface area contributed by atoms with E-state index in [9.17, 15) is 4.79 Å². The molecule has 0 aromatic rings. The van der Waals surface area contributed by atoms with Crippen molar-refractivity contribution in [3.05, 3.63) is 0 Å². The molecule has 1 heterocycles. The Balaban J connectivity index is 2.15. The minimum absolute atomic E-state index is 0.0410. The van der Waals surface area contributed by atoms with Gasteiger partial charge in [0.1, 0.15) is 0 Å². The summed E-state index contributed by atoms with van der Waals surface area (Å²) in [4.78, 5) is 16.0. The number of amides is 1. The molecule has 0 saturated heterocycles.